The van der Waals surface area contributed by atoms with Crippen LogP contribution < -0.4 is 5.73 Å². The number of nitrogens with zero attached hydrogens (tertiary/aromatic N) is 3. The Morgan fingerprint density at radius 2 is 2.17 bits per heavy atom. The van der Waals surface area contributed by atoms with Crippen molar-refractivity contribution in [1.29, 1.82) is 0 Å². The number of nitrogen functional groups attached to an aromatic ring is 1. The molecule has 0 bridgehead atoms. The van der Waals surface area contributed by atoms with Crippen LogP contribution in [0.15, 0.2) is 55.3 Å². The van der Waals surface area contributed by atoms with Gasteiger partial charge in [-0.05, 0) is 41.8 Å². The second kappa shape index (κ2) is 6.76. The average Bonchev–Trinajstić information content (AvgIpc) is 3.04. The molecule has 2 N–H and O–H groups in total. The Bertz CT molecular complexity index is 930. The van der Waals surface area contributed by atoms with Crippen molar-refractivity contribution in [3.05, 3.63) is 66.7 Å². The predicted octanol–water partition coefficient (Wildman–Crippen LogP) is 4.24. The molecule has 0 saturated carbocycles. The number of fused-ring (bicyclic) bond motifs is 1. The van der Waals surface area contributed by atoms with Crippen LogP contribution in [0.3, 0.4) is 0 Å². The quantitative estimate of drug-likeness (QED) is 0.557. The van der Waals surface area contributed by atoms with Crippen LogP contribution in [-0.4, -0.2) is 14.6 Å². The number of rotatable bonds is 5. The molecule has 0 aliphatic heterocycles. The molecule has 3 rings (SSSR count). The number of pyridine rings is 1. The van der Waals surface area contributed by atoms with Crippen molar-refractivity contribution in [3.63, 3.8) is 0 Å². The normalized spacial score (nSPS) is 11.2. The average molecular weight is 341 g/mol. The van der Waals surface area contributed by atoms with Crippen LogP contribution in [0.4, 0.5) is 5.82 Å². The van der Waals surface area contributed by atoms with E-state index in [4.69, 9.17) is 22.1 Å². The van der Waals surface area contributed by atoms with E-state index < -0.39 is 0 Å². The smallest absolute Gasteiger partial charge is 0.217 e. The first-order valence-electron chi connectivity index (χ1n) is 7.41. The number of ether oxygens (including phenoxy) is 1. The molecule has 2 heterocycles. The lowest BCUT2D eigenvalue weighted by atomic mass is 10.0. The highest BCUT2D eigenvalue weighted by Crippen LogP contribution is 2.25. The monoisotopic (exact) mass is 340 g/mol. The van der Waals surface area contributed by atoms with Gasteiger partial charge in [-0.25, -0.2) is 4.98 Å². The van der Waals surface area contributed by atoms with Crippen molar-refractivity contribution in [2.24, 2.45) is 0 Å². The van der Waals surface area contributed by atoms with Gasteiger partial charge in [-0.1, -0.05) is 30.9 Å². The van der Waals surface area contributed by atoms with Crippen molar-refractivity contribution >= 4 is 28.8 Å². The third kappa shape index (κ3) is 3.12. The maximum absolute atomic E-state index is 6.13. The Labute approximate surface area is 145 Å². The van der Waals surface area contributed by atoms with Gasteiger partial charge in [0.2, 0.25) is 5.82 Å². The largest absolute Gasteiger partial charge is 0.462 e. The van der Waals surface area contributed by atoms with Gasteiger partial charge in [0.1, 0.15) is 5.82 Å². The summed E-state index contributed by atoms with van der Waals surface area (Å²) in [6, 6.07) is 11.8. The van der Waals surface area contributed by atoms with Crippen LogP contribution in [0, 0.1) is 0 Å². The summed E-state index contributed by atoms with van der Waals surface area (Å²) < 4.78 is 6.89. The van der Waals surface area contributed by atoms with Gasteiger partial charge in [0.05, 0.1) is 6.26 Å². The molecule has 5 nitrogen and oxygen atoms in total. The molecular weight excluding hydrogens is 324 g/mol. The Kier molecular flexibility index (Phi) is 4.53. The van der Waals surface area contributed by atoms with E-state index in [0.29, 0.717) is 28.9 Å². The Morgan fingerprint density at radius 1 is 1.33 bits per heavy atom. The lowest BCUT2D eigenvalue weighted by molar-refractivity contribution is 0.432. The highest BCUT2D eigenvalue weighted by molar-refractivity contribution is 6.17. The standard InChI is InChI=1S/C18H17ClN4O/c1-3-7-24-12(2)18-21-17-10-15(9-16(20)23(17)22-18)14-6-4-5-13(8-14)11-19/h3-10H,2,11,20H2,1H3/b7-3-. The van der Waals surface area contributed by atoms with Gasteiger partial charge in [-0.15, -0.1) is 16.7 Å². The zero-order chi connectivity index (χ0) is 17.1. The number of alkyl halides is 1. The number of halogens is 1. The summed E-state index contributed by atoms with van der Waals surface area (Å²) in [7, 11) is 0. The molecule has 3 aromatic rings. The number of nitrogens with two attached hydrogens (primary N) is 1. The third-order valence-corrected chi connectivity index (χ3v) is 3.78. The first-order valence-corrected chi connectivity index (χ1v) is 7.94. The first-order chi connectivity index (χ1) is 11.6. The number of aromatic nitrogens is 3. The molecule has 0 aliphatic rings. The van der Waals surface area contributed by atoms with E-state index in [2.05, 4.69) is 16.7 Å². The Hall–Kier alpha value is -2.79. The van der Waals surface area contributed by atoms with Crippen LogP contribution in [0.1, 0.15) is 18.3 Å². The minimum atomic E-state index is 0.363. The second-order valence-electron chi connectivity index (χ2n) is 5.22. The Morgan fingerprint density at radius 3 is 2.92 bits per heavy atom. The molecule has 0 spiro atoms. The van der Waals surface area contributed by atoms with Crippen molar-refractivity contribution in [2.75, 3.05) is 5.73 Å². The van der Waals surface area contributed by atoms with Crippen molar-refractivity contribution in [2.45, 2.75) is 12.8 Å². The maximum atomic E-state index is 6.13. The van der Waals surface area contributed by atoms with Crippen LogP contribution in [0.2, 0.25) is 0 Å². The van der Waals surface area contributed by atoms with Crippen LogP contribution in [0.25, 0.3) is 22.5 Å². The van der Waals surface area contributed by atoms with E-state index in [1.165, 1.54) is 6.26 Å². The van der Waals surface area contributed by atoms with E-state index in [9.17, 15) is 0 Å². The van der Waals surface area contributed by atoms with Gasteiger partial charge in [-0.2, -0.15) is 4.52 Å². The highest BCUT2D eigenvalue weighted by Gasteiger charge is 2.12. The molecule has 0 saturated heterocycles. The van der Waals surface area contributed by atoms with Crippen LogP contribution in [0.5, 0.6) is 0 Å². The summed E-state index contributed by atoms with van der Waals surface area (Å²) in [5.74, 6) is 1.70. The van der Waals surface area contributed by atoms with E-state index >= 15 is 0 Å². The summed E-state index contributed by atoms with van der Waals surface area (Å²) in [5, 5.41) is 4.33. The van der Waals surface area contributed by atoms with Gasteiger partial charge in [0.25, 0.3) is 0 Å². The summed E-state index contributed by atoms with van der Waals surface area (Å²) in [6.45, 7) is 5.67. The van der Waals surface area contributed by atoms with Crippen molar-refractivity contribution < 1.29 is 4.74 Å². The minimum absolute atomic E-state index is 0.363. The molecule has 0 aliphatic carbocycles. The summed E-state index contributed by atoms with van der Waals surface area (Å²) in [4.78, 5) is 4.44. The van der Waals surface area contributed by atoms with E-state index in [0.717, 1.165) is 16.7 Å². The number of benzene rings is 1. The highest BCUT2D eigenvalue weighted by atomic mass is 35.5. The molecule has 2 aromatic heterocycles. The van der Waals surface area contributed by atoms with Gasteiger partial charge in [0, 0.05) is 5.88 Å². The van der Waals surface area contributed by atoms with Crippen molar-refractivity contribution in [3.8, 4) is 11.1 Å². The summed E-state index contributed by atoms with van der Waals surface area (Å²) in [6.07, 6.45) is 3.29. The number of allylic oxidation sites excluding steroid dienone is 1. The molecule has 122 valence electrons. The fraction of sp³-hybridized carbons (Fsp3) is 0.111. The molecule has 0 unspecified atom stereocenters. The number of hydrogen-bond donors (Lipinski definition) is 1. The maximum Gasteiger partial charge on any atom is 0.217 e. The fourth-order valence-corrected chi connectivity index (χ4v) is 2.50. The van der Waals surface area contributed by atoms with E-state index in [-0.39, 0.29) is 0 Å². The summed E-state index contributed by atoms with van der Waals surface area (Å²) in [5.41, 5.74) is 9.77. The predicted molar refractivity (Wildman–Crippen MR) is 97.3 cm³/mol. The zero-order valence-corrected chi connectivity index (χ0v) is 14.0. The number of hydrogen-bond acceptors (Lipinski definition) is 4. The third-order valence-electron chi connectivity index (χ3n) is 3.48. The van der Waals surface area contributed by atoms with Gasteiger partial charge >= 0.3 is 0 Å². The molecule has 0 radical (unpaired) electrons. The van der Waals surface area contributed by atoms with Crippen LogP contribution in [-0.2, 0) is 10.6 Å². The number of anilines is 1. The van der Waals surface area contributed by atoms with Gasteiger partial charge < -0.3 is 10.5 Å². The van der Waals surface area contributed by atoms with E-state index in [1.807, 2.05) is 43.3 Å². The lowest BCUT2D eigenvalue weighted by Crippen LogP contribution is -1.99. The van der Waals surface area contributed by atoms with Gasteiger partial charge in [-0.3, -0.25) is 0 Å². The fourth-order valence-electron chi connectivity index (χ4n) is 2.33. The molecule has 1 aromatic carbocycles. The second-order valence-corrected chi connectivity index (χ2v) is 5.49. The SMILES string of the molecule is C=C(O/C=C\C)c1nc2cc(-c3cccc(CCl)c3)cc(N)n2n1. The zero-order valence-electron chi connectivity index (χ0n) is 13.2. The summed E-state index contributed by atoms with van der Waals surface area (Å²) >= 11 is 5.91. The van der Waals surface area contributed by atoms with Gasteiger partial charge in [0.15, 0.2) is 11.4 Å². The van der Waals surface area contributed by atoms with E-state index in [1.54, 1.807) is 10.6 Å². The molecule has 24 heavy (non-hydrogen) atoms. The minimum Gasteiger partial charge on any atom is -0.462 e. The first kappa shape index (κ1) is 16.1. The van der Waals surface area contributed by atoms with Crippen molar-refractivity contribution in [1.82, 2.24) is 14.6 Å². The Balaban J connectivity index is 2.04. The lowest BCUT2D eigenvalue weighted by Gasteiger charge is -2.06. The molecule has 0 atom stereocenters. The molecule has 0 fully saturated rings. The van der Waals surface area contributed by atoms with Crippen LogP contribution >= 0.6 is 11.6 Å². The topological polar surface area (TPSA) is 65.4 Å². The molecular formula is C18H17ClN4O. The molecule has 0 amide bonds. The molecule has 6 heteroatoms.